The molecular weight excluding hydrogens is 664 g/mol. The van der Waals surface area contributed by atoms with E-state index in [4.69, 9.17) is 18.9 Å². The van der Waals surface area contributed by atoms with Crippen molar-refractivity contribution in [3.05, 3.63) is 75.3 Å². The van der Waals surface area contributed by atoms with Gasteiger partial charge in [0, 0.05) is 67.4 Å². The van der Waals surface area contributed by atoms with Crippen molar-refractivity contribution >= 4 is 28.9 Å². The number of aliphatic hydroxyl groups is 2. The lowest BCUT2D eigenvalue weighted by Crippen LogP contribution is -2.46. The van der Waals surface area contributed by atoms with Crippen LogP contribution in [0.2, 0.25) is 0 Å². The van der Waals surface area contributed by atoms with Gasteiger partial charge in [-0.3, -0.25) is 14.4 Å². The largest absolute Gasteiger partial charge is 0.507 e. The summed E-state index contributed by atoms with van der Waals surface area (Å²) >= 11 is 0. The highest BCUT2D eigenvalue weighted by atomic mass is 16.7. The van der Waals surface area contributed by atoms with Crippen LogP contribution in [0.5, 0.6) is 11.5 Å². The van der Waals surface area contributed by atoms with Crippen LogP contribution in [0.1, 0.15) is 71.3 Å². The Hall–Kier alpha value is -4.79. The monoisotopic (exact) mass is 710 g/mol. The van der Waals surface area contributed by atoms with E-state index in [-0.39, 0.29) is 45.0 Å². The molecule has 9 atom stereocenters. The predicted molar refractivity (Wildman–Crippen MR) is 186 cm³/mol. The summed E-state index contributed by atoms with van der Waals surface area (Å²) in [6, 6.07) is 1.04. The third-order valence-corrected chi connectivity index (χ3v) is 9.93. The third kappa shape index (κ3) is 7.34. The molecule has 0 radical (unpaired) electrons. The molecular formula is C37H46N2O12. The molecule has 276 valence electrons. The maximum Gasteiger partial charge on any atom is 0.302 e. The van der Waals surface area contributed by atoms with E-state index < -0.39 is 83.0 Å². The number of amides is 1. The number of carbonyl (C=O) groups is 3. The maximum absolute atomic E-state index is 13.6. The Balaban J connectivity index is 1.89. The number of allylic oxidation sites excluding steroid dienone is 4. The van der Waals surface area contributed by atoms with Gasteiger partial charge in [0.2, 0.25) is 0 Å². The van der Waals surface area contributed by atoms with Gasteiger partial charge in [0.15, 0.2) is 17.2 Å². The Kier molecular flexibility index (Phi) is 11.6. The number of anilines is 1. The van der Waals surface area contributed by atoms with Crippen LogP contribution in [0.3, 0.4) is 0 Å². The zero-order valence-corrected chi connectivity index (χ0v) is 30.1. The SMILES string of the molecule is CO[C@H]1/C=C/O[C@@]2(C)OC3=C(C)C(=O)c4c(O)c(cc(O)c4C3=C2N=O)NC(=O)/C(C)=C\C=C\[C@@H](C)[C@H](O)[C@@H](C)[C@H](O)[C@@H](C)[C@H](OC(C)=O)[C@@H]1C. The first kappa shape index (κ1) is 39.0. The summed E-state index contributed by atoms with van der Waals surface area (Å²) in [6.07, 6.45) is 3.53. The number of ether oxygens (including phenoxy) is 4. The number of esters is 1. The van der Waals surface area contributed by atoms with Crippen LogP contribution in [0.15, 0.2) is 64.4 Å². The minimum Gasteiger partial charge on any atom is -0.507 e. The van der Waals surface area contributed by atoms with Crippen LogP contribution in [0, 0.1) is 28.6 Å². The van der Waals surface area contributed by atoms with Crippen LogP contribution in [0.25, 0.3) is 5.57 Å². The molecule has 0 spiro atoms. The number of carbonyl (C=O) groups excluding carboxylic acids is 3. The van der Waals surface area contributed by atoms with Gasteiger partial charge in [0.1, 0.15) is 17.6 Å². The molecule has 0 fully saturated rings. The van der Waals surface area contributed by atoms with Crippen molar-refractivity contribution in [3.63, 3.8) is 0 Å². The van der Waals surface area contributed by atoms with Gasteiger partial charge in [0.25, 0.3) is 11.7 Å². The number of rotatable bonds is 3. The van der Waals surface area contributed by atoms with E-state index in [1.165, 1.54) is 53.2 Å². The van der Waals surface area contributed by atoms with Gasteiger partial charge in [-0.2, -0.15) is 0 Å². The quantitative estimate of drug-likeness (QED) is 0.122. The van der Waals surface area contributed by atoms with E-state index in [9.17, 15) is 39.7 Å². The third-order valence-electron chi connectivity index (χ3n) is 9.93. The number of aliphatic hydroxyl groups excluding tert-OH is 2. The summed E-state index contributed by atoms with van der Waals surface area (Å²) in [5, 5.41) is 50.7. The first-order chi connectivity index (χ1) is 23.9. The Bertz CT molecular complexity index is 1760. The molecule has 0 aromatic heterocycles. The number of methoxy groups -OCH3 is 1. The Morgan fingerprint density at radius 3 is 2.27 bits per heavy atom. The van der Waals surface area contributed by atoms with Gasteiger partial charge in [0.05, 0.1) is 41.4 Å². The van der Waals surface area contributed by atoms with Gasteiger partial charge in [-0.15, -0.1) is 4.91 Å². The van der Waals surface area contributed by atoms with Crippen LogP contribution >= 0.6 is 0 Å². The van der Waals surface area contributed by atoms with Crippen LogP contribution in [0.4, 0.5) is 5.69 Å². The van der Waals surface area contributed by atoms with Crippen molar-refractivity contribution < 1.29 is 53.8 Å². The smallest absolute Gasteiger partial charge is 0.302 e. The Labute approximate surface area is 296 Å². The fraction of sp³-hybridized carbons (Fsp3) is 0.486. The number of nitrogens with zero attached hydrogens (tertiary/aromatic N) is 1. The van der Waals surface area contributed by atoms with Gasteiger partial charge in [-0.1, -0.05) is 45.9 Å². The van der Waals surface area contributed by atoms with E-state index in [1.54, 1.807) is 39.8 Å². The second-order valence-corrected chi connectivity index (χ2v) is 13.5. The average Bonchev–Trinajstić information content (AvgIpc) is 3.38. The maximum atomic E-state index is 13.6. The highest BCUT2D eigenvalue weighted by Crippen LogP contribution is 2.54. The number of nitroso groups, excluding NO2 is 1. The zero-order valence-electron chi connectivity index (χ0n) is 30.1. The van der Waals surface area contributed by atoms with E-state index in [0.29, 0.717) is 0 Å². The molecule has 0 unspecified atom stereocenters. The second-order valence-electron chi connectivity index (χ2n) is 13.5. The number of phenolic OH excluding ortho intramolecular Hbond substituents is 2. The number of fused-ring (bicyclic) bond motifs is 14. The molecule has 5 rings (SSSR count). The van der Waals surface area contributed by atoms with Crippen molar-refractivity contribution in [3.8, 4) is 11.5 Å². The predicted octanol–water partition coefficient (Wildman–Crippen LogP) is 4.99. The fourth-order valence-electron chi connectivity index (χ4n) is 6.78. The van der Waals surface area contributed by atoms with Gasteiger partial charge >= 0.3 is 5.97 Å². The van der Waals surface area contributed by atoms with Crippen molar-refractivity contribution in [2.24, 2.45) is 28.8 Å². The lowest BCUT2D eigenvalue weighted by atomic mass is 9.78. The summed E-state index contributed by atoms with van der Waals surface area (Å²) in [7, 11) is 1.42. The number of hydrogen-bond donors (Lipinski definition) is 5. The van der Waals surface area contributed by atoms with E-state index in [1.807, 2.05) is 0 Å². The van der Waals surface area contributed by atoms with E-state index in [0.717, 1.165) is 6.07 Å². The normalized spacial score (nSPS) is 34.1. The van der Waals surface area contributed by atoms with Gasteiger partial charge in [-0.05, 0) is 25.1 Å². The molecule has 5 N–H and O–H groups in total. The zero-order chi connectivity index (χ0) is 38.1. The minimum absolute atomic E-state index is 0.0226. The van der Waals surface area contributed by atoms with Crippen molar-refractivity contribution in [1.82, 2.24) is 0 Å². The van der Waals surface area contributed by atoms with Crippen molar-refractivity contribution in [2.45, 2.75) is 85.6 Å². The average molecular weight is 711 g/mol. The number of nitrogens with one attached hydrogen (secondary N) is 1. The number of benzene rings is 1. The van der Waals surface area contributed by atoms with E-state index >= 15 is 0 Å². The number of hydrogen-bond acceptors (Lipinski definition) is 13. The van der Waals surface area contributed by atoms with Crippen LogP contribution in [-0.4, -0.2) is 75.4 Å². The lowest BCUT2D eigenvalue weighted by Gasteiger charge is -2.38. The summed E-state index contributed by atoms with van der Waals surface area (Å²) in [4.78, 5) is 51.4. The highest BCUT2D eigenvalue weighted by molar-refractivity contribution is 6.21. The topological polar surface area (TPSA) is 211 Å². The van der Waals surface area contributed by atoms with Crippen molar-refractivity contribution in [1.29, 1.82) is 0 Å². The molecule has 0 saturated heterocycles. The highest BCUT2D eigenvalue weighted by Gasteiger charge is 2.51. The lowest BCUT2D eigenvalue weighted by molar-refractivity contribution is -0.160. The Morgan fingerprint density at radius 2 is 1.67 bits per heavy atom. The molecule has 1 amide bonds. The molecule has 4 aliphatic rings. The molecule has 3 heterocycles. The molecule has 3 aliphatic heterocycles. The number of ketones is 1. The fourth-order valence-corrected chi connectivity index (χ4v) is 6.78. The molecule has 14 nitrogen and oxygen atoms in total. The Morgan fingerprint density at radius 1 is 1.00 bits per heavy atom. The minimum atomic E-state index is -1.92. The number of phenols is 2. The number of aromatic hydroxyl groups is 2. The number of Topliss-reactive ketones (excluding diaryl/α,β-unsaturated/α-hetero) is 1. The first-order valence-corrected chi connectivity index (χ1v) is 16.6. The van der Waals surface area contributed by atoms with E-state index in [2.05, 4.69) is 10.5 Å². The summed E-state index contributed by atoms with van der Waals surface area (Å²) in [5.74, 6) is -7.65. The molecule has 1 aromatic rings. The molecule has 14 heteroatoms. The van der Waals surface area contributed by atoms with Gasteiger partial charge in [-0.25, -0.2) is 0 Å². The summed E-state index contributed by atoms with van der Waals surface area (Å²) in [5.41, 5.74) is -1.13. The molecule has 51 heavy (non-hydrogen) atoms. The molecule has 1 aromatic carbocycles. The van der Waals surface area contributed by atoms with Crippen LogP contribution in [-0.2, 0) is 28.5 Å². The second kappa shape index (κ2) is 15.2. The summed E-state index contributed by atoms with van der Waals surface area (Å²) in [6.45, 7) is 12.4. The summed E-state index contributed by atoms with van der Waals surface area (Å²) < 4.78 is 23.4. The van der Waals surface area contributed by atoms with Crippen LogP contribution < -0.4 is 5.32 Å². The molecule has 0 saturated carbocycles. The van der Waals surface area contributed by atoms with Gasteiger partial charge < -0.3 is 44.7 Å². The van der Waals surface area contributed by atoms with Crippen molar-refractivity contribution in [2.75, 3.05) is 12.4 Å². The molecule has 5 bridgehead atoms. The first-order valence-electron chi connectivity index (χ1n) is 16.6. The molecule has 1 aliphatic carbocycles. The standard InChI is InChI=1S/C37H46N2O12/c1-16-11-10-12-17(2)36(46)38-23-15-24(41)26-27(32(23)45)31(44)21(6)34-28(26)35(39-47)37(8,51-34)49-14-13-25(48-9)18(3)33(50-22(7)40)20(5)30(43)19(4)29(16)42/h10-16,18-20,25,29-30,33,41-43,45H,1-9H3,(H,38,46)/b11-10+,14-13+,17-12-/t16-,18-,19-,20-,25+,29+,30+,33-,37+/m1/s1.